The van der Waals surface area contributed by atoms with Crippen LogP contribution in [0.4, 0.5) is 0 Å². The summed E-state index contributed by atoms with van der Waals surface area (Å²) in [7, 11) is 0. The van der Waals surface area contributed by atoms with Crippen molar-refractivity contribution < 1.29 is 64.6 Å². The maximum Gasteiger partial charge on any atom is 0.220 e. The van der Waals surface area contributed by atoms with Crippen molar-refractivity contribution in [3.05, 3.63) is 36.5 Å². The van der Waals surface area contributed by atoms with Gasteiger partial charge in [0.1, 0.15) is 48.8 Å². The molecule has 0 spiro atoms. The average Bonchev–Trinajstić information content (AvgIpc) is 2.38. The second-order valence-electron chi connectivity index (χ2n) is 25.7. The minimum Gasteiger partial charge on any atom is -0.394 e. The first-order valence-corrected chi connectivity index (χ1v) is 36.2. The second kappa shape index (κ2) is 57.1. The van der Waals surface area contributed by atoms with E-state index in [1.807, 2.05) is 6.08 Å². The maximum absolute atomic E-state index is 13.3. The minimum absolute atomic E-state index is 0.248. The maximum atomic E-state index is 13.3. The van der Waals surface area contributed by atoms with Crippen LogP contribution in [-0.4, -0.2) is 140 Å². The van der Waals surface area contributed by atoms with Gasteiger partial charge in [0, 0.05) is 6.42 Å². The number of aliphatic hydroxyl groups excluding tert-OH is 8. The van der Waals surface area contributed by atoms with Crippen LogP contribution in [0.15, 0.2) is 36.5 Å². The molecule has 14 heteroatoms. The number of allylic oxidation sites excluding steroid dienone is 5. The van der Waals surface area contributed by atoms with E-state index in [1.165, 1.54) is 244 Å². The van der Waals surface area contributed by atoms with Crippen molar-refractivity contribution in [2.24, 2.45) is 0 Å². The van der Waals surface area contributed by atoms with Crippen LogP contribution in [0.2, 0.25) is 0 Å². The van der Waals surface area contributed by atoms with Crippen LogP contribution >= 0.6 is 0 Å². The Hall–Kier alpha value is -1.79. The molecule has 2 heterocycles. The van der Waals surface area contributed by atoms with Crippen LogP contribution in [0.1, 0.15) is 322 Å². The number of hydrogen-bond acceptors (Lipinski definition) is 13. The summed E-state index contributed by atoms with van der Waals surface area (Å²) in [6.45, 7) is 2.82. The summed E-state index contributed by atoms with van der Waals surface area (Å²) in [4.78, 5) is 13.3. The number of carbonyl (C=O) groups excluding carboxylic acids is 1. The molecule has 0 aliphatic carbocycles. The van der Waals surface area contributed by atoms with Crippen molar-refractivity contribution in [2.45, 2.75) is 396 Å². The summed E-state index contributed by atoms with van der Waals surface area (Å²) in [5, 5.41) is 87.4. The molecule has 0 bridgehead atoms. The van der Waals surface area contributed by atoms with Gasteiger partial charge in [-0.25, -0.2) is 0 Å². The molecule has 12 unspecified atom stereocenters. The van der Waals surface area contributed by atoms with Crippen LogP contribution in [0.25, 0.3) is 0 Å². The summed E-state index contributed by atoms with van der Waals surface area (Å²) in [6, 6.07) is -0.937. The molecule has 0 radical (unpaired) electrons. The zero-order valence-corrected chi connectivity index (χ0v) is 55.1. The number of hydrogen-bond donors (Lipinski definition) is 9. The van der Waals surface area contributed by atoms with Crippen LogP contribution in [0, 0.1) is 0 Å². The zero-order valence-electron chi connectivity index (χ0n) is 55.1. The Morgan fingerprint density at radius 3 is 1.14 bits per heavy atom. The monoisotopic (exact) mass is 1220 g/mol. The van der Waals surface area contributed by atoms with E-state index in [-0.39, 0.29) is 18.9 Å². The fourth-order valence-corrected chi connectivity index (χ4v) is 12.0. The summed E-state index contributed by atoms with van der Waals surface area (Å²) in [6.07, 6.45) is 56.5. The molecular weight excluding hydrogens is 1090 g/mol. The Kier molecular flexibility index (Phi) is 53.4. The molecular formula is C72H135NO13. The standard InChI is InChI=1S/C72H135NO13/c1-3-5-7-9-11-13-15-17-19-21-23-24-25-26-27-28-29-30-31-32-33-34-35-36-38-39-41-43-45-47-49-51-53-55-61(76)60(73-64(77)56-54-52-50-48-46-44-42-40-37-22-20-18-16-14-12-10-8-6-4-2)59-83-71-69(82)67(80)70(63(58-75)85-71)86-72-68(81)66(79)65(78)62(57-74)84-72/h38-39,45,47,53,55,60-63,65-72,74-76,78-82H,3-37,40-44,46,48-52,54,56-59H2,1-2H3,(H,73,77)/b39-38+,47-45+,55-53+. The van der Waals surface area contributed by atoms with Crippen molar-refractivity contribution in [2.75, 3.05) is 19.8 Å². The zero-order chi connectivity index (χ0) is 62.3. The lowest BCUT2D eigenvalue weighted by molar-refractivity contribution is -0.359. The number of ether oxygens (including phenoxy) is 4. The lowest BCUT2D eigenvalue weighted by Gasteiger charge is -2.46. The van der Waals surface area contributed by atoms with Gasteiger partial charge in [0.2, 0.25) is 5.91 Å². The Morgan fingerprint density at radius 1 is 0.407 bits per heavy atom. The summed E-state index contributed by atoms with van der Waals surface area (Å²) in [5.74, 6) is -0.248. The quantitative estimate of drug-likeness (QED) is 0.0204. The summed E-state index contributed by atoms with van der Waals surface area (Å²) >= 11 is 0. The number of aliphatic hydroxyl groups is 8. The second-order valence-corrected chi connectivity index (χ2v) is 25.7. The molecule has 0 aromatic rings. The van der Waals surface area contributed by atoms with E-state index >= 15 is 0 Å². The molecule has 2 fully saturated rings. The first-order valence-electron chi connectivity index (χ1n) is 36.2. The topological polar surface area (TPSA) is 228 Å². The number of carbonyl (C=O) groups is 1. The molecule has 2 aliphatic heterocycles. The van der Waals surface area contributed by atoms with Crippen molar-refractivity contribution in [3.63, 3.8) is 0 Å². The molecule has 2 saturated heterocycles. The highest BCUT2D eigenvalue weighted by Gasteiger charge is 2.51. The molecule has 14 nitrogen and oxygen atoms in total. The first kappa shape index (κ1) is 80.3. The smallest absolute Gasteiger partial charge is 0.220 e. The molecule has 12 atom stereocenters. The first-order chi connectivity index (χ1) is 42.1. The largest absolute Gasteiger partial charge is 0.394 e. The van der Waals surface area contributed by atoms with E-state index < -0.39 is 86.8 Å². The van der Waals surface area contributed by atoms with E-state index in [1.54, 1.807) is 6.08 Å². The number of amides is 1. The molecule has 506 valence electrons. The van der Waals surface area contributed by atoms with Gasteiger partial charge in [0.15, 0.2) is 12.6 Å². The number of nitrogens with one attached hydrogen (secondary N) is 1. The Morgan fingerprint density at radius 2 is 0.744 bits per heavy atom. The van der Waals surface area contributed by atoms with Gasteiger partial charge in [-0.3, -0.25) is 4.79 Å². The van der Waals surface area contributed by atoms with Gasteiger partial charge < -0.3 is 65.1 Å². The van der Waals surface area contributed by atoms with Crippen LogP contribution in [0.3, 0.4) is 0 Å². The van der Waals surface area contributed by atoms with Gasteiger partial charge in [-0.2, -0.15) is 0 Å². The van der Waals surface area contributed by atoms with Gasteiger partial charge in [-0.1, -0.05) is 307 Å². The van der Waals surface area contributed by atoms with Gasteiger partial charge in [0.05, 0.1) is 32.0 Å². The molecule has 2 aliphatic rings. The number of rotatable bonds is 60. The van der Waals surface area contributed by atoms with Gasteiger partial charge in [0.25, 0.3) is 0 Å². The molecule has 1 amide bonds. The van der Waals surface area contributed by atoms with Crippen LogP contribution < -0.4 is 5.32 Å². The van der Waals surface area contributed by atoms with Crippen molar-refractivity contribution >= 4 is 5.91 Å². The summed E-state index contributed by atoms with van der Waals surface area (Å²) in [5.41, 5.74) is 0. The predicted molar refractivity (Wildman–Crippen MR) is 351 cm³/mol. The molecule has 0 aromatic heterocycles. The van der Waals surface area contributed by atoms with Crippen molar-refractivity contribution in [3.8, 4) is 0 Å². The van der Waals surface area contributed by atoms with E-state index in [0.717, 1.165) is 44.9 Å². The predicted octanol–water partition coefficient (Wildman–Crippen LogP) is 14.9. The molecule has 2 rings (SSSR count). The molecule has 0 saturated carbocycles. The number of unbranched alkanes of at least 4 members (excludes halogenated alkanes) is 43. The lowest BCUT2D eigenvalue weighted by atomic mass is 9.97. The fraction of sp³-hybridized carbons (Fsp3) is 0.903. The van der Waals surface area contributed by atoms with E-state index in [4.69, 9.17) is 18.9 Å². The Bertz CT molecular complexity index is 1580. The van der Waals surface area contributed by atoms with Gasteiger partial charge >= 0.3 is 0 Å². The highest BCUT2D eigenvalue weighted by molar-refractivity contribution is 5.76. The third-order valence-electron chi connectivity index (χ3n) is 17.8. The van der Waals surface area contributed by atoms with E-state index in [0.29, 0.717) is 12.8 Å². The third-order valence-corrected chi connectivity index (χ3v) is 17.8. The Labute approximate surface area is 525 Å². The molecule has 86 heavy (non-hydrogen) atoms. The van der Waals surface area contributed by atoms with Crippen molar-refractivity contribution in [1.29, 1.82) is 0 Å². The van der Waals surface area contributed by atoms with Crippen molar-refractivity contribution in [1.82, 2.24) is 5.32 Å². The normalized spacial score (nSPS) is 23.6. The molecule has 9 N–H and O–H groups in total. The van der Waals surface area contributed by atoms with Gasteiger partial charge in [-0.05, 0) is 44.9 Å². The lowest BCUT2D eigenvalue weighted by Crippen LogP contribution is -2.65. The minimum atomic E-state index is -1.79. The van der Waals surface area contributed by atoms with Crippen LogP contribution in [-0.2, 0) is 23.7 Å². The van der Waals surface area contributed by atoms with Crippen LogP contribution in [0.5, 0.6) is 0 Å². The SMILES string of the molecule is CCCCCCCCCCCCCCCCCCCCCCCCC/C=C/CC/C=C/CC/C=C/C(O)C(COC1OC(CO)C(OC2OC(CO)C(O)C(O)C2O)C(O)C1O)NC(=O)CCCCCCCCCCCCCCCCCCCCC. The van der Waals surface area contributed by atoms with E-state index in [2.05, 4.69) is 43.5 Å². The highest BCUT2D eigenvalue weighted by Crippen LogP contribution is 2.30. The summed E-state index contributed by atoms with van der Waals surface area (Å²) < 4.78 is 22.8. The highest BCUT2D eigenvalue weighted by atomic mass is 16.7. The molecule has 0 aromatic carbocycles. The fourth-order valence-electron chi connectivity index (χ4n) is 12.0. The Balaban J connectivity index is 1.67. The van der Waals surface area contributed by atoms with E-state index in [9.17, 15) is 45.6 Å². The third kappa shape index (κ3) is 40.8. The average molecular weight is 1220 g/mol. The van der Waals surface area contributed by atoms with Gasteiger partial charge in [-0.15, -0.1) is 0 Å².